The average Bonchev–Trinajstić information content (AvgIpc) is 2.82. The standard InChI is InChI=1S/C24H34N4O6/c1-16(2)14-18-23(31)27(3)8-13-34-20-7-5-4-6-17(20)22(30)26-19(15-21(29)25-18)24(32)28-9-11-33-12-10-28/h4-7,16,18-19H,8-15H2,1-3H3,(H,25,29)(H,26,30)/t18-,19+/m1/s1. The number of likely N-dealkylation sites (N-methyl/N-ethyl adjacent to an activating group) is 1. The Bertz CT molecular complexity index is 899. The van der Waals surface area contributed by atoms with Crippen LogP contribution in [0.5, 0.6) is 5.75 Å². The summed E-state index contributed by atoms with van der Waals surface area (Å²) in [6.45, 7) is 5.95. The lowest BCUT2D eigenvalue weighted by Gasteiger charge is -2.31. The molecule has 0 aromatic heterocycles. The average molecular weight is 475 g/mol. The fourth-order valence-electron chi connectivity index (χ4n) is 4.02. The number of nitrogens with one attached hydrogen (secondary N) is 2. The summed E-state index contributed by atoms with van der Waals surface area (Å²) in [5.74, 6) is -1.05. The molecule has 186 valence electrons. The van der Waals surface area contributed by atoms with Crippen LogP contribution in [-0.4, -0.2) is 92.0 Å². The van der Waals surface area contributed by atoms with Gasteiger partial charge >= 0.3 is 0 Å². The number of nitrogens with zero attached hydrogens (tertiary/aromatic N) is 2. The van der Waals surface area contributed by atoms with E-state index in [9.17, 15) is 19.2 Å². The molecule has 1 saturated heterocycles. The molecule has 1 aromatic carbocycles. The summed E-state index contributed by atoms with van der Waals surface area (Å²) in [6.07, 6.45) is 0.170. The molecule has 0 saturated carbocycles. The zero-order chi connectivity index (χ0) is 24.7. The molecular formula is C24H34N4O6. The van der Waals surface area contributed by atoms with E-state index in [1.165, 1.54) is 4.90 Å². The summed E-state index contributed by atoms with van der Waals surface area (Å²) in [7, 11) is 1.65. The Morgan fingerprint density at radius 3 is 2.47 bits per heavy atom. The maximum absolute atomic E-state index is 13.2. The van der Waals surface area contributed by atoms with Gasteiger partial charge in [-0.3, -0.25) is 19.2 Å². The van der Waals surface area contributed by atoms with E-state index in [4.69, 9.17) is 9.47 Å². The molecule has 0 radical (unpaired) electrons. The number of ether oxygens (including phenoxy) is 2. The highest BCUT2D eigenvalue weighted by atomic mass is 16.5. The van der Waals surface area contributed by atoms with Gasteiger partial charge in [-0.05, 0) is 24.5 Å². The van der Waals surface area contributed by atoms with Crippen LogP contribution in [0.15, 0.2) is 24.3 Å². The van der Waals surface area contributed by atoms with Crippen molar-refractivity contribution in [1.82, 2.24) is 20.4 Å². The number of carbonyl (C=O) groups is 4. The van der Waals surface area contributed by atoms with Gasteiger partial charge in [-0.1, -0.05) is 26.0 Å². The Morgan fingerprint density at radius 1 is 1.06 bits per heavy atom. The topological polar surface area (TPSA) is 117 Å². The van der Waals surface area contributed by atoms with Crippen molar-refractivity contribution in [3.63, 3.8) is 0 Å². The predicted molar refractivity (Wildman–Crippen MR) is 124 cm³/mol. The van der Waals surface area contributed by atoms with Crippen LogP contribution >= 0.6 is 0 Å². The molecule has 0 aliphatic carbocycles. The molecule has 2 heterocycles. The predicted octanol–water partition coefficient (Wildman–Crippen LogP) is 0.416. The van der Waals surface area contributed by atoms with E-state index in [-0.39, 0.29) is 42.9 Å². The zero-order valence-electron chi connectivity index (χ0n) is 20.0. The lowest BCUT2D eigenvalue weighted by molar-refractivity contribution is -0.140. The molecule has 2 N–H and O–H groups in total. The molecular weight excluding hydrogens is 440 g/mol. The molecule has 0 spiro atoms. The lowest BCUT2D eigenvalue weighted by atomic mass is 10.0. The van der Waals surface area contributed by atoms with Crippen LogP contribution in [0.2, 0.25) is 0 Å². The van der Waals surface area contributed by atoms with Crippen LogP contribution in [0.3, 0.4) is 0 Å². The molecule has 2 atom stereocenters. The van der Waals surface area contributed by atoms with Crippen molar-refractivity contribution >= 4 is 23.6 Å². The molecule has 2 aliphatic rings. The number of fused-ring (bicyclic) bond motifs is 1. The molecule has 4 amide bonds. The fourth-order valence-corrected chi connectivity index (χ4v) is 4.02. The van der Waals surface area contributed by atoms with Crippen molar-refractivity contribution in [3.8, 4) is 5.75 Å². The highest BCUT2D eigenvalue weighted by Crippen LogP contribution is 2.19. The summed E-state index contributed by atoms with van der Waals surface area (Å²) in [4.78, 5) is 55.5. The zero-order valence-corrected chi connectivity index (χ0v) is 20.0. The summed E-state index contributed by atoms with van der Waals surface area (Å²) in [5, 5.41) is 5.51. The van der Waals surface area contributed by atoms with Gasteiger partial charge in [-0.25, -0.2) is 0 Å². The summed E-state index contributed by atoms with van der Waals surface area (Å²) in [5.41, 5.74) is 0.256. The third kappa shape index (κ3) is 6.69. The van der Waals surface area contributed by atoms with E-state index in [1.54, 1.807) is 36.2 Å². The highest BCUT2D eigenvalue weighted by molar-refractivity contribution is 6.01. The van der Waals surface area contributed by atoms with E-state index >= 15 is 0 Å². The maximum atomic E-state index is 13.2. The van der Waals surface area contributed by atoms with Crippen molar-refractivity contribution in [2.75, 3.05) is 46.5 Å². The molecule has 0 bridgehead atoms. The lowest BCUT2D eigenvalue weighted by Crippen LogP contribution is -2.55. The third-order valence-electron chi connectivity index (χ3n) is 5.85. The number of benzene rings is 1. The number of morpholine rings is 1. The Hall–Kier alpha value is -3.14. The number of rotatable bonds is 3. The van der Waals surface area contributed by atoms with Gasteiger partial charge in [-0.2, -0.15) is 0 Å². The van der Waals surface area contributed by atoms with Crippen molar-refractivity contribution in [2.24, 2.45) is 5.92 Å². The fraction of sp³-hybridized carbons (Fsp3) is 0.583. The smallest absolute Gasteiger partial charge is 0.255 e. The van der Waals surface area contributed by atoms with Gasteiger partial charge in [-0.15, -0.1) is 0 Å². The second kappa shape index (κ2) is 11.8. The van der Waals surface area contributed by atoms with E-state index in [1.807, 2.05) is 13.8 Å². The number of carbonyl (C=O) groups excluding carboxylic acids is 4. The summed E-state index contributed by atoms with van der Waals surface area (Å²) in [6, 6.07) is 4.88. The van der Waals surface area contributed by atoms with Crippen molar-refractivity contribution in [2.45, 2.75) is 38.8 Å². The molecule has 2 aliphatic heterocycles. The molecule has 1 fully saturated rings. The second-order valence-electron chi connectivity index (χ2n) is 9.02. The molecule has 10 heteroatoms. The number of hydrogen-bond donors (Lipinski definition) is 2. The minimum absolute atomic E-state index is 0.162. The van der Waals surface area contributed by atoms with Gasteiger partial charge < -0.3 is 29.9 Å². The Kier molecular flexibility index (Phi) is 8.86. The molecule has 34 heavy (non-hydrogen) atoms. The molecule has 10 nitrogen and oxygen atoms in total. The van der Waals surface area contributed by atoms with Gasteiger partial charge in [0.15, 0.2) is 0 Å². The van der Waals surface area contributed by atoms with Crippen LogP contribution in [-0.2, 0) is 19.1 Å². The normalized spacial score (nSPS) is 22.9. The molecule has 0 unspecified atom stereocenters. The van der Waals surface area contributed by atoms with Crippen molar-refractivity contribution in [3.05, 3.63) is 29.8 Å². The Labute approximate surface area is 199 Å². The summed E-state index contributed by atoms with van der Waals surface area (Å²) < 4.78 is 11.1. The quantitative estimate of drug-likeness (QED) is 0.656. The first kappa shape index (κ1) is 25.5. The Balaban J connectivity index is 1.91. The number of para-hydroxylation sites is 1. The van der Waals surface area contributed by atoms with Gasteiger partial charge in [0.2, 0.25) is 17.7 Å². The minimum Gasteiger partial charge on any atom is -0.491 e. The second-order valence-corrected chi connectivity index (χ2v) is 9.02. The van der Waals surface area contributed by atoms with Gasteiger partial charge in [0.1, 0.15) is 24.4 Å². The molecule has 3 rings (SSSR count). The largest absolute Gasteiger partial charge is 0.491 e. The van der Waals surface area contributed by atoms with Crippen LogP contribution in [0.1, 0.15) is 37.0 Å². The minimum atomic E-state index is -1.09. The maximum Gasteiger partial charge on any atom is 0.255 e. The SMILES string of the molecule is CC(C)C[C@H]1NC(=O)C[C@@H](C(=O)N2CCOCC2)NC(=O)c2ccccc2OCCN(C)C1=O. The van der Waals surface area contributed by atoms with Crippen molar-refractivity contribution < 1.29 is 28.7 Å². The first-order valence-corrected chi connectivity index (χ1v) is 11.7. The van der Waals surface area contributed by atoms with E-state index in [0.717, 1.165) is 0 Å². The van der Waals surface area contributed by atoms with Crippen LogP contribution in [0, 0.1) is 5.92 Å². The van der Waals surface area contributed by atoms with E-state index in [2.05, 4.69) is 10.6 Å². The first-order valence-electron chi connectivity index (χ1n) is 11.7. The molecule has 1 aromatic rings. The van der Waals surface area contributed by atoms with Gasteiger partial charge in [0.25, 0.3) is 5.91 Å². The van der Waals surface area contributed by atoms with Gasteiger partial charge in [0, 0.05) is 20.1 Å². The van der Waals surface area contributed by atoms with E-state index < -0.39 is 23.9 Å². The van der Waals surface area contributed by atoms with E-state index in [0.29, 0.717) is 38.5 Å². The number of amides is 4. The first-order chi connectivity index (χ1) is 16.3. The summed E-state index contributed by atoms with van der Waals surface area (Å²) >= 11 is 0. The van der Waals surface area contributed by atoms with Crippen LogP contribution in [0.25, 0.3) is 0 Å². The van der Waals surface area contributed by atoms with Crippen LogP contribution in [0.4, 0.5) is 0 Å². The monoisotopic (exact) mass is 474 g/mol. The number of hydrogen-bond acceptors (Lipinski definition) is 6. The van der Waals surface area contributed by atoms with Crippen LogP contribution < -0.4 is 15.4 Å². The third-order valence-corrected chi connectivity index (χ3v) is 5.85. The highest BCUT2D eigenvalue weighted by Gasteiger charge is 2.32. The van der Waals surface area contributed by atoms with Gasteiger partial charge in [0.05, 0.1) is 31.7 Å². The van der Waals surface area contributed by atoms with Crippen molar-refractivity contribution in [1.29, 1.82) is 0 Å². The Morgan fingerprint density at radius 2 is 1.76 bits per heavy atom.